The molecule has 1 aliphatic rings. The molecule has 1 N–H and O–H groups in total. The smallest absolute Gasteiger partial charge is 0.335 e. The molecule has 0 bridgehead atoms. The third kappa shape index (κ3) is 3.62. The van der Waals surface area contributed by atoms with Gasteiger partial charge in [-0.05, 0) is 55.0 Å². The largest absolute Gasteiger partial charge is 0.495 e. The number of ether oxygens (including phenoxy) is 1. The van der Waals surface area contributed by atoms with E-state index >= 15 is 0 Å². The molecule has 8 heteroatoms. The molecule has 2 amide bonds. The van der Waals surface area contributed by atoms with Crippen LogP contribution in [0.25, 0.3) is 33.7 Å². The van der Waals surface area contributed by atoms with Gasteiger partial charge in [-0.2, -0.15) is 0 Å². The maximum Gasteiger partial charge on any atom is 0.335 e. The second-order valence-corrected chi connectivity index (χ2v) is 8.94. The number of carboxylic acids is 1. The molecular formula is C30H20N2O6. The first-order chi connectivity index (χ1) is 18.4. The molecule has 8 nitrogen and oxygen atoms in total. The molecule has 38 heavy (non-hydrogen) atoms. The van der Waals surface area contributed by atoms with Crippen LogP contribution >= 0.6 is 0 Å². The Morgan fingerprint density at radius 3 is 2.42 bits per heavy atom. The van der Waals surface area contributed by atoms with Crippen molar-refractivity contribution in [2.45, 2.75) is 6.92 Å². The van der Waals surface area contributed by atoms with Gasteiger partial charge in [0, 0.05) is 11.1 Å². The van der Waals surface area contributed by atoms with Crippen molar-refractivity contribution in [1.29, 1.82) is 0 Å². The van der Waals surface area contributed by atoms with Gasteiger partial charge in [-0.25, -0.2) is 14.7 Å². The average molecular weight is 504 g/mol. The first kappa shape index (κ1) is 23.2. The number of aromatic nitrogens is 1. The summed E-state index contributed by atoms with van der Waals surface area (Å²) >= 11 is 0. The van der Waals surface area contributed by atoms with Crippen molar-refractivity contribution in [3.8, 4) is 28.3 Å². The number of hydrogen-bond acceptors (Lipinski definition) is 6. The summed E-state index contributed by atoms with van der Waals surface area (Å²) in [6, 6.07) is 22.7. The summed E-state index contributed by atoms with van der Waals surface area (Å²) in [5.41, 5.74) is 5.14. The van der Waals surface area contributed by atoms with Crippen LogP contribution in [0.2, 0.25) is 0 Å². The number of amides is 2. The number of fused-ring (bicyclic) bond motifs is 2. The van der Waals surface area contributed by atoms with Crippen molar-refractivity contribution in [3.05, 3.63) is 101 Å². The van der Waals surface area contributed by atoms with Crippen LogP contribution in [-0.2, 0) is 0 Å². The number of oxazole rings is 1. The second kappa shape index (κ2) is 8.70. The van der Waals surface area contributed by atoms with Gasteiger partial charge in [0.2, 0.25) is 5.89 Å². The third-order valence-corrected chi connectivity index (χ3v) is 6.55. The number of carboxylic acid groups (broad SMARTS) is 1. The van der Waals surface area contributed by atoms with Crippen molar-refractivity contribution in [2.24, 2.45) is 0 Å². The quantitative estimate of drug-likeness (QED) is 0.293. The molecule has 0 unspecified atom stereocenters. The molecule has 0 aliphatic carbocycles. The van der Waals surface area contributed by atoms with Gasteiger partial charge in [0.15, 0.2) is 5.58 Å². The maximum absolute atomic E-state index is 13.3. The van der Waals surface area contributed by atoms with E-state index in [0.29, 0.717) is 28.3 Å². The predicted octanol–water partition coefficient (Wildman–Crippen LogP) is 5.98. The van der Waals surface area contributed by atoms with E-state index in [0.717, 1.165) is 21.6 Å². The number of aromatic carboxylic acids is 1. The molecule has 6 rings (SSSR count). The fourth-order valence-corrected chi connectivity index (χ4v) is 4.71. The lowest BCUT2D eigenvalue weighted by Gasteiger charge is -2.18. The van der Waals surface area contributed by atoms with E-state index in [1.165, 1.54) is 25.3 Å². The van der Waals surface area contributed by atoms with Crippen LogP contribution in [0.15, 0.2) is 83.3 Å². The summed E-state index contributed by atoms with van der Waals surface area (Å²) < 4.78 is 11.6. The summed E-state index contributed by atoms with van der Waals surface area (Å²) in [4.78, 5) is 43.7. The Morgan fingerprint density at radius 2 is 1.66 bits per heavy atom. The zero-order chi connectivity index (χ0) is 26.6. The van der Waals surface area contributed by atoms with Crippen LogP contribution < -0.4 is 9.64 Å². The predicted molar refractivity (Wildman–Crippen MR) is 141 cm³/mol. The molecule has 0 radical (unpaired) electrons. The molecule has 1 aromatic heterocycles. The molecule has 0 fully saturated rings. The second-order valence-electron chi connectivity index (χ2n) is 8.94. The summed E-state index contributed by atoms with van der Waals surface area (Å²) in [6.07, 6.45) is 0. The maximum atomic E-state index is 13.3. The number of methoxy groups -OCH3 is 1. The van der Waals surface area contributed by atoms with E-state index in [4.69, 9.17) is 14.1 Å². The molecule has 0 atom stereocenters. The lowest BCUT2D eigenvalue weighted by Crippen LogP contribution is -2.29. The van der Waals surface area contributed by atoms with E-state index in [9.17, 15) is 19.5 Å². The number of hydrogen-bond donors (Lipinski definition) is 1. The minimum Gasteiger partial charge on any atom is -0.495 e. The molecule has 4 aromatic carbocycles. The molecule has 0 saturated heterocycles. The lowest BCUT2D eigenvalue weighted by atomic mass is 10.0. The lowest BCUT2D eigenvalue weighted by molar-refractivity contribution is 0.0696. The van der Waals surface area contributed by atoms with Gasteiger partial charge < -0.3 is 14.3 Å². The highest BCUT2D eigenvalue weighted by molar-refractivity contribution is 6.35. The number of aryl methyl sites for hydroxylation is 1. The van der Waals surface area contributed by atoms with Gasteiger partial charge >= 0.3 is 5.97 Å². The fraction of sp³-hybridized carbons (Fsp3) is 0.0667. The molecular weight excluding hydrogens is 484 g/mol. The Hall–Kier alpha value is -5.24. The van der Waals surface area contributed by atoms with Gasteiger partial charge in [-0.3, -0.25) is 9.59 Å². The van der Waals surface area contributed by atoms with Crippen LogP contribution in [0, 0.1) is 6.92 Å². The molecule has 5 aromatic rings. The van der Waals surface area contributed by atoms with Gasteiger partial charge in [-0.1, -0.05) is 42.0 Å². The Labute approximate surface area is 216 Å². The summed E-state index contributed by atoms with van der Waals surface area (Å²) in [5.74, 6) is -1.79. The topological polar surface area (TPSA) is 110 Å². The van der Waals surface area contributed by atoms with Gasteiger partial charge in [0.05, 0.1) is 29.5 Å². The van der Waals surface area contributed by atoms with Crippen molar-refractivity contribution in [2.75, 3.05) is 12.0 Å². The minimum atomic E-state index is -1.19. The van der Waals surface area contributed by atoms with Crippen LogP contribution in [0.5, 0.6) is 5.75 Å². The van der Waals surface area contributed by atoms with Crippen molar-refractivity contribution < 1.29 is 28.6 Å². The Balaban J connectivity index is 1.45. The SMILES string of the molecule is COc1ccc(-c2nc3c(-c4cccc(C)c4)cccc3o2)cc1N1C(=O)c2ccc(C(=O)O)cc2C1=O. The van der Waals surface area contributed by atoms with E-state index in [2.05, 4.69) is 6.07 Å². The highest BCUT2D eigenvalue weighted by atomic mass is 16.5. The number of para-hydroxylation sites is 1. The molecule has 2 heterocycles. The molecule has 186 valence electrons. The third-order valence-electron chi connectivity index (χ3n) is 6.55. The number of nitrogens with zero attached hydrogens (tertiary/aromatic N) is 2. The Bertz CT molecular complexity index is 1800. The van der Waals surface area contributed by atoms with E-state index in [1.807, 2.05) is 43.3 Å². The highest BCUT2D eigenvalue weighted by Crippen LogP contribution is 2.39. The standard InChI is InChI=1S/C30H20N2O6/c1-16-5-3-6-17(13-16)20-7-4-8-25-26(20)31-27(38-25)18-10-12-24(37-2)23(15-18)32-28(33)21-11-9-19(30(35)36)14-22(21)29(32)34/h3-15H,1-2H3,(H,35,36). The number of rotatable bonds is 5. The number of carbonyl (C=O) groups excluding carboxylic acids is 2. The first-order valence-electron chi connectivity index (χ1n) is 11.8. The zero-order valence-corrected chi connectivity index (χ0v) is 20.4. The first-order valence-corrected chi connectivity index (χ1v) is 11.8. The van der Waals surface area contributed by atoms with Gasteiger partial charge in [-0.15, -0.1) is 0 Å². The molecule has 0 spiro atoms. The Kier molecular flexibility index (Phi) is 5.31. The van der Waals surface area contributed by atoms with Gasteiger partial charge in [0.1, 0.15) is 11.3 Å². The number of imide groups is 1. The normalized spacial score (nSPS) is 12.7. The number of carbonyl (C=O) groups is 3. The van der Waals surface area contributed by atoms with Crippen LogP contribution in [0.4, 0.5) is 5.69 Å². The van der Waals surface area contributed by atoms with Gasteiger partial charge in [0.25, 0.3) is 11.8 Å². The minimum absolute atomic E-state index is 0.0204. The number of anilines is 1. The highest BCUT2D eigenvalue weighted by Gasteiger charge is 2.39. The monoisotopic (exact) mass is 504 g/mol. The van der Waals surface area contributed by atoms with Crippen molar-refractivity contribution in [3.63, 3.8) is 0 Å². The van der Waals surface area contributed by atoms with Crippen LogP contribution in [0.3, 0.4) is 0 Å². The average Bonchev–Trinajstić information content (AvgIpc) is 3.47. The molecule has 0 saturated carbocycles. The Morgan fingerprint density at radius 1 is 0.868 bits per heavy atom. The molecule has 1 aliphatic heterocycles. The van der Waals surface area contributed by atoms with E-state index < -0.39 is 17.8 Å². The van der Waals surface area contributed by atoms with Crippen molar-refractivity contribution >= 4 is 34.6 Å². The van der Waals surface area contributed by atoms with E-state index in [-0.39, 0.29) is 22.4 Å². The number of benzene rings is 4. The van der Waals surface area contributed by atoms with E-state index in [1.54, 1.807) is 18.2 Å². The summed E-state index contributed by atoms with van der Waals surface area (Å²) in [5, 5.41) is 9.31. The summed E-state index contributed by atoms with van der Waals surface area (Å²) in [7, 11) is 1.44. The van der Waals surface area contributed by atoms with Crippen molar-refractivity contribution in [1.82, 2.24) is 4.98 Å². The zero-order valence-electron chi connectivity index (χ0n) is 20.4. The van der Waals surface area contributed by atoms with Crippen LogP contribution in [-0.4, -0.2) is 35.0 Å². The fourth-order valence-electron chi connectivity index (χ4n) is 4.71. The van der Waals surface area contributed by atoms with Crippen LogP contribution in [0.1, 0.15) is 36.6 Å². The summed E-state index contributed by atoms with van der Waals surface area (Å²) in [6.45, 7) is 2.03.